The van der Waals surface area contributed by atoms with Crippen molar-refractivity contribution in [3.8, 4) is 12.3 Å². The van der Waals surface area contributed by atoms with Crippen LogP contribution in [0.15, 0.2) is 27.6 Å². The van der Waals surface area contributed by atoms with Crippen LogP contribution in [0.4, 0.5) is 0 Å². The van der Waals surface area contributed by atoms with E-state index in [0.717, 1.165) is 0 Å². The van der Waals surface area contributed by atoms with Gasteiger partial charge in [-0.1, -0.05) is 18.9 Å². The second-order valence-electron chi connectivity index (χ2n) is 3.97. The van der Waals surface area contributed by atoms with Gasteiger partial charge in [0.2, 0.25) is 10.0 Å². The molecule has 0 heterocycles. The molecule has 1 N–H and O–H groups in total. The predicted molar refractivity (Wildman–Crippen MR) is 77.9 cm³/mol. The normalized spacial score (nSPS) is 11.5. The number of nitrogens with zero attached hydrogens (tertiary/aromatic N) is 1. The fourth-order valence-corrected chi connectivity index (χ4v) is 4.16. The van der Waals surface area contributed by atoms with Crippen molar-refractivity contribution in [2.75, 3.05) is 13.1 Å². The highest BCUT2D eigenvalue weighted by Gasteiger charge is 2.25. The number of aliphatic hydroxyl groups is 1. The summed E-state index contributed by atoms with van der Waals surface area (Å²) in [6.45, 7) is 2.18. The first-order valence-electron chi connectivity index (χ1n) is 5.80. The van der Waals surface area contributed by atoms with Crippen molar-refractivity contribution >= 4 is 26.0 Å². The average Bonchev–Trinajstić information content (AvgIpc) is 2.38. The van der Waals surface area contributed by atoms with E-state index in [1.807, 2.05) is 6.92 Å². The van der Waals surface area contributed by atoms with Gasteiger partial charge in [-0.3, -0.25) is 0 Å². The standard InChI is InChI=1S/C13H16BrNO3S/c1-3-7-15(8-4-2)19(17,18)13-6-5-11(10-16)9-12(13)14/h1,5-6,9,16H,4,7-8,10H2,2H3. The molecule has 1 aromatic rings. The summed E-state index contributed by atoms with van der Waals surface area (Å²) in [7, 11) is -3.62. The molecule has 0 fully saturated rings. The second kappa shape index (κ2) is 7.06. The molecule has 0 aliphatic carbocycles. The Bertz CT molecular complexity index is 578. The first-order valence-corrected chi connectivity index (χ1v) is 8.03. The topological polar surface area (TPSA) is 57.6 Å². The zero-order chi connectivity index (χ0) is 14.5. The van der Waals surface area contributed by atoms with Crippen molar-refractivity contribution in [1.82, 2.24) is 4.31 Å². The van der Waals surface area contributed by atoms with Gasteiger partial charge in [-0.25, -0.2) is 8.42 Å². The highest BCUT2D eigenvalue weighted by atomic mass is 79.9. The molecule has 0 radical (unpaired) electrons. The summed E-state index contributed by atoms with van der Waals surface area (Å²) >= 11 is 3.23. The largest absolute Gasteiger partial charge is 0.392 e. The molecule has 4 nitrogen and oxygen atoms in total. The minimum absolute atomic E-state index is 0.0460. The van der Waals surface area contributed by atoms with E-state index in [-0.39, 0.29) is 18.0 Å². The van der Waals surface area contributed by atoms with Crippen molar-refractivity contribution < 1.29 is 13.5 Å². The number of aliphatic hydroxyl groups excluding tert-OH is 1. The number of hydrogen-bond donors (Lipinski definition) is 1. The van der Waals surface area contributed by atoms with Gasteiger partial charge in [-0.05, 0) is 40.0 Å². The number of hydrogen-bond acceptors (Lipinski definition) is 3. The molecule has 0 unspecified atom stereocenters. The van der Waals surface area contributed by atoms with Crippen LogP contribution in [-0.2, 0) is 16.6 Å². The van der Waals surface area contributed by atoms with Gasteiger partial charge in [0, 0.05) is 11.0 Å². The van der Waals surface area contributed by atoms with Gasteiger partial charge in [0.25, 0.3) is 0 Å². The monoisotopic (exact) mass is 345 g/mol. The Morgan fingerprint density at radius 2 is 2.16 bits per heavy atom. The Kier molecular flexibility index (Phi) is 6.01. The SMILES string of the molecule is C#CCN(CCC)S(=O)(=O)c1ccc(CO)cc1Br. The van der Waals surface area contributed by atoms with E-state index in [4.69, 9.17) is 11.5 Å². The maximum absolute atomic E-state index is 12.5. The molecule has 0 spiro atoms. The van der Waals surface area contributed by atoms with Crippen molar-refractivity contribution in [2.45, 2.75) is 24.8 Å². The third-order valence-corrected chi connectivity index (χ3v) is 5.36. The number of benzene rings is 1. The fraction of sp³-hybridized carbons (Fsp3) is 0.385. The van der Waals surface area contributed by atoms with Crippen LogP contribution in [0.2, 0.25) is 0 Å². The van der Waals surface area contributed by atoms with E-state index in [0.29, 0.717) is 23.0 Å². The molecule has 0 aromatic heterocycles. The third-order valence-electron chi connectivity index (χ3n) is 2.54. The van der Waals surface area contributed by atoms with E-state index in [1.54, 1.807) is 12.1 Å². The van der Waals surface area contributed by atoms with E-state index in [2.05, 4.69) is 21.9 Å². The lowest BCUT2D eigenvalue weighted by atomic mass is 10.2. The van der Waals surface area contributed by atoms with E-state index in [1.165, 1.54) is 10.4 Å². The van der Waals surface area contributed by atoms with Gasteiger partial charge in [0.1, 0.15) is 0 Å². The zero-order valence-corrected chi connectivity index (χ0v) is 13.0. The van der Waals surface area contributed by atoms with Crippen LogP contribution in [0, 0.1) is 12.3 Å². The molecule has 19 heavy (non-hydrogen) atoms. The van der Waals surface area contributed by atoms with Crippen LogP contribution in [0.3, 0.4) is 0 Å². The van der Waals surface area contributed by atoms with Crippen molar-refractivity contribution in [2.24, 2.45) is 0 Å². The molecule has 0 bridgehead atoms. The van der Waals surface area contributed by atoms with Crippen LogP contribution >= 0.6 is 15.9 Å². The quantitative estimate of drug-likeness (QED) is 0.802. The fourth-order valence-electron chi connectivity index (χ4n) is 1.63. The molecule has 0 aliphatic heterocycles. The van der Waals surface area contributed by atoms with Crippen molar-refractivity contribution in [3.05, 3.63) is 28.2 Å². The Labute approximate surface area is 122 Å². The van der Waals surface area contributed by atoms with Gasteiger partial charge in [0.05, 0.1) is 18.0 Å². The van der Waals surface area contributed by atoms with Crippen molar-refractivity contribution in [3.63, 3.8) is 0 Å². The smallest absolute Gasteiger partial charge is 0.245 e. The summed E-state index contributed by atoms with van der Waals surface area (Å²) in [5.74, 6) is 2.36. The molecule has 6 heteroatoms. The van der Waals surface area contributed by atoms with Crippen LogP contribution in [0.5, 0.6) is 0 Å². The summed E-state index contributed by atoms with van der Waals surface area (Å²) < 4.78 is 26.6. The van der Waals surface area contributed by atoms with Gasteiger partial charge in [-0.15, -0.1) is 6.42 Å². The predicted octanol–water partition coefficient (Wildman–Crippen LogP) is 1.98. The molecule has 0 saturated heterocycles. The summed E-state index contributed by atoms with van der Waals surface area (Å²) in [6.07, 6.45) is 5.91. The van der Waals surface area contributed by atoms with E-state index >= 15 is 0 Å². The summed E-state index contributed by atoms with van der Waals surface area (Å²) in [5, 5.41) is 9.03. The molecule has 1 rings (SSSR count). The number of terminal acetylenes is 1. The van der Waals surface area contributed by atoms with Gasteiger partial charge in [-0.2, -0.15) is 4.31 Å². The minimum Gasteiger partial charge on any atom is -0.392 e. The molecule has 0 amide bonds. The van der Waals surface area contributed by atoms with Gasteiger partial charge >= 0.3 is 0 Å². The maximum atomic E-state index is 12.5. The summed E-state index contributed by atoms with van der Waals surface area (Å²) in [5.41, 5.74) is 0.643. The highest BCUT2D eigenvalue weighted by molar-refractivity contribution is 9.10. The second-order valence-corrected chi connectivity index (χ2v) is 6.73. The minimum atomic E-state index is -3.62. The Balaban J connectivity index is 3.22. The van der Waals surface area contributed by atoms with Crippen LogP contribution in [-0.4, -0.2) is 30.9 Å². The molecule has 0 aliphatic rings. The number of sulfonamides is 1. The van der Waals surface area contributed by atoms with Gasteiger partial charge < -0.3 is 5.11 Å². The molecule has 0 atom stereocenters. The van der Waals surface area contributed by atoms with Crippen LogP contribution in [0.25, 0.3) is 0 Å². The number of rotatable bonds is 6. The molecular formula is C13H16BrNO3S. The molecular weight excluding hydrogens is 330 g/mol. The first kappa shape index (κ1) is 16.2. The zero-order valence-electron chi connectivity index (χ0n) is 10.6. The molecule has 104 valence electrons. The number of halogens is 1. The van der Waals surface area contributed by atoms with Crippen LogP contribution in [0.1, 0.15) is 18.9 Å². The molecule has 1 aromatic carbocycles. The van der Waals surface area contributed by atoms with Crippen molar-refractivity contribution in [1.29, 1.82) is 0 Å². The van der Waals surface area contributed by atoms with Gasteiger partial charge in [0.15, 0.2) is 0 Å². The van der Waals surface area contributed by atoms with Crippen LogP contribution < -0.4 is 0 Å². The third kappa shape index (κ3) is 3.80. The average molecular weight is 346 g/mol. The lowest BCUT2D eigenvalue weighted by molar-refractivity contribution is 0.281. The highest BCUT2D eigenvalue weighted by Crippen LogP contribution is 2.26. The Hall–Kier alpha value is -0.870. The first-order chi connectivity index (χ1) is 8.97. The maximum Gasteiger partial charge on any atom is 0.245 e. The van der Waals surface area contributed by atoms with E-state index < -0.39 is 10.0 Å². The Morgan fingerprint density at radius 3 is 2.63 bits per heavy atom. The summed E-state index contributed by atoms with van der Waals surface area (Å²) in [6, 6.07) is 4.65. The summed E-state index contributed by atoms with van der Waals surface area (Å²) in [4.78, 5) is 0.161. The lowest BCUT2D eigenvalue weighted by Gasteiger charge is -2.20. The Morgan fingerprint density at radius 1 is 1.47 bits per heavy atom. The van der Waals surface area contributed by atoms with E-state index in [9.17, 15) is 8.42 Å². The molecule has 0 saturated carbocycles. The lowest BCUT2D eigenvalue weighted by Crippen LogP contribution is -2.32.